The van der Waals surface area contributed by atoms with Crippen molar-refractivity contribution in [1.29, 1.82) is 0 Å². The number of anilines is 2. The Kier molecular flexibility index (Phi) is 5.96. The zero-order valence-electron chi connectivity index (χ0n) is 17.4. The molecular formula is C25H23ClN2O3. The topological polar surface area (TPSA) is 58.6 Å². The number of carbonyl (C=O) groups excluding carboxylic acids is 2. The third-order valence-electron chi connectivity index (χ3n) is 5.38. The van der Waals surface area contributed by atoms with E-state index < -0.39 is 5.92 Å². The Morgan fingerprint density at radius 2 is 1.55 bits per heavy atom. The van der Waals surface area contributed by atoms with Gasteiger partial charge in [-0.2, -0.15) is 0 Å². The lowest BCUT2D eigenvalue weighted by Crippen LogP contribution is -2.29. The summed E-state index contributed by atoms with van der Waals surface area (Å²) in [6.07, 6.45) is 0.206. The Bertz CT molecular complexity index is 1090. The second-order valence-electron chi connectivity index (χ2n) is 7.72. The van der Waals surface area contributed by atoms with Gasteiger partial charge in [0.15, 0.2) is 0 Å². The summed E-state index contributed by atoms with van der Waals surface area (Å²) in [6.45, 7) is 4.35. The van der Waals surface area contributed by atoms with Gasteiger partial charge in [0.05, 0.1) is 5.92 Å². The van der Waals surface area contributed by atoms with E-state index in [1.165, 1.54) is 0 Å². The first-order valence-corrected chi connectivity index (χ1v) is 10.5. The quantitative estimate of drug-likeness (QED) is 0.557. The number of ether oxygens (including phenoxy) is 1. The van der Waals surface area contributed by atoms with Crippen molar-refractivity contribution in [3.8, 4) is 11.5 Å². The number of hydrogen-bond acceptors (Lipinski definition) is 3. The van der Waals surface area contributed by atoms with Crippen LogP contribution in [0.25, 0.3) is 0 Å². The molecular weight excluding hydrogens is 412 g/mol. The lowest BCUT2D eigenvalue weighted by atomic mass is 10.1. The van der Waals surface area contributed by atoms with Crippen molar-refractivity contribution in [2.24, 2.45) is 5.92 Å². The highest BCUT2D eigenvalue weighted by atomic mass is 35.5. The van der Waals surface area contributed by atoms with E-state index in [9.17, 15) is 9.59 Å². The Balaban J connectivity index is 1.39. The minimum absolute atomic E-state index is 0.0238. The molecule has 3 aromatic carbocycles. The van der Waals surface area contributed by atoms with Gasteiger partial charge in [0, 0.05) is 29.4 Å². The highest BCUT2D eigenvalue weighted by molar-refractivity contribution is 6.30. The summed E-state index contributed by atoms with van der Waals surface area (Å²) >= 11 is 5.89. The maximum atomic E-state index is 12.8. The maximum Gasteiger partial charge on any atom is 0.229 e. The van der Waals surface area contributed by atoms with Crippen molar-refractivity contribution < 1.29 is 14.3 Å². The van der Waals surface area contributed by atoms with Gasteiger partial charge in [-0.25, -0.2) is 0 Å². The Labute approximate surface area is 186 Å². The molecule has 0 saturated carbocycles. The fourth-order valence-electron chi connectivity index (χ4n) is 3.82. The summed E-state index contributed by atoms with van der Waals surface area (Å²) in [4.78, 5) is 27.1. The van der Waals surface area contributed by atoms with Gasteiger partial charge in [-0.1, -0.05) is 29.8 Å². The van der Waals surface area contributed by atoms with Crippen LogP contribution in [0.15, 0.2) is 66.7 Å². The summed E-state index contributed by atoms with van der Waals surface area (Å²) in [5.74, 6) is 0.754. The number of nitrogens with one attached hydrogen (secondary N) is 1. The molecule has 31 heavy (non-hydrogen) atoms. The molecule has 5 nitrogen and oxygen atoms in total. The average Bonchev–Trinajstić information content (AvgIpc) is 3.12. The van der Waals surface area contributed by atoms with E-state index in [0.29, 0.717) is 28.8 Å². The van der Waals surface area contributed by atoms with E-state index in [1.807, 2.05) is 32.0 Å². The molecule has 2 amide bonds. The highest BCUT2D eigenvalue weighted by Crippen LogP contribution is 2.31. The van der Waals surface area contributed by atoms with E-state index in [0.717, 1.165) is 16.8 Å². The average molecular weight is 435 g/mol. The Morgan fingerprint density at radius 3 is 2.16 bits per heavy atom. The van der Waals surface area contributed by atoms with Crippen molar-refractivity contribution in [2.75, 3.05) is 16.8 Å². The molecule has 0 radical (unpaired) electrons. The van der Waals surface area contributed by atoms with Crippen LogP contribution in [0.2, 0.25) is 5.02 Å². The molecule has 0 bridgehead atoms. The maximum absolute atomic E-state index is 12.8. The smallest absolute Gasteiger partial charge is 0.229 e. The minimum atomic E-state index is -0.392. The lowest BCUT2D eigenvalue weighted by Gasteiger charge is -2.21. The third-order valence-corrected chi connectivity index (χ3v) is 5.63. The molecule has 1 aliphatic rings. The zero-order valence-corrected chi connectivity index (χ0v) is 18.1. The third kappa shape index (κ3) is 4.72. The second-order valence-corrected chi connectivity index (χ2v) is 8.15. The van der Waals surface area contributed by atoms with Gasteiger partial charge in [0.2, 0.25) is 11.8 Å². The van der Waals surface area contributed by atoms with E-state index in [4.69, 9.17) is 16.3 Å². The van der Waals surface area contributed by atoms with Gasteiger partial charge in [0.25, 0.3) is 0 Å². The first kappa shape index (κ1) is 20.9. The predicted octanol–water partition coefficient (Wildman–Crippen LogP) is 5.74. The van der Waals surface area contributed by atoms with Crippen molar-refractivity contribution >= 4 is 34.8 Å². The fraction of sp³-hybridized carbons (Fsp3) is 0.200. The number of amides is 2. The lowest BCUT2D eigenvalue weighted by molar-refractivity contribution is -0.122. The Morgan fingerprint density at radius 1 is 0.968 bits per heavy atom. The highest BCUT2D eigenvalue weighted by Gasteiger charge is 2.36. The van der Waals surface area contributed by atoms with Gasteiger partial charge >= 0.3 is 0 Å². The van der Waals surface area contributed by atoms with Crippen molar-refractivity contribution in [3.05, 3.63) is 82.9 Å². The van der Waals surface area contributed by atoms with Crippen LogP contribution in [0.3, 0.4) is 0 Å². The standard InChI is InChI=1S/C25H23ClN2O3/c1-16-4-3-5-17(2)24(16)28-15-18(14-23(28)29)25(30)27-20-8-12-22(13-9-20)31-21-10-6-19(26)7-11-21/h3-13,18H,14-15H2,1-2H3,(H,27,30)/t18-/m0/s1. The molecule has 1 aliphatic heterocycles. The largest absolute Gasteiger partial charge is 0.457 e. The van der Waals surface area contributed by atoms with Crippen LogP contribution in [0, 0.1) is 19.8 Å². The summed E-state index contributed by atoms with van der Waals surface area (Å²) in [5, 5.41) is 3.56. The number of nitrogens with zero attached hydrogens (tertiary/aromatic N) is 1. The van der Waals surface area contributed by atoms with Gasteiger partial charge in [0.1, 0.15) is 11.5 Å². The molecule has 1 heterocycles. The number of para-hydroxylation sites is 1. The Hall–Kier alpha value is -3.31. The van der Waals surface area contributed by atoms with Crippen LogP contribution >= 0.6 is 11.6 Å². The molecule has 6 heteroatoms. The van der Waals surface area contributed by atoms with Crippen LogP contribution in [0.5, 0.6) is 11.5 Å². The molecule has 158 valence electrons. The van der Waals surface area contributed by atoms with Crippen LogP contribution in [0.4, 0.5) is 11.4 Å². The first-order chi connectivity index (χ1) is 14.9. The van der Waals surface area contributed by atoms with Gasteiger partial charge in [-0.15, -0.1) is 0 Å². The number of hydrogen-bond donors (Lipinski definition) is 1. The van der Waals surface area contributed by atoms with Crippen molar-refractivity contribution in [3.63, 3.8) is 0 Å². The molecule has 1 saturated heterocycles. The van der Waals surface area contributed by atoms with E-state index in [2.05, 4.69) is 5.32 Å². The van der Waals surface area contributed by atoms with Crippen LogP contribution < -0.4 is 15.0 Å². The van der Waals surface area contributed by atoms with E-state index in [1.54, 1.807) is 53.4 Å². The van der Waals surface area contributed by atoms with Crippen molar-refractivity contribution in [2.45, 2.75) is 20.3 Å². The second kappa shape index (κ2) is 8.82. The number of aryl methyl sites for hydroxylation is 2. The van der Waals surface area contributed by atoms with Crippen LogP contribution in [-0.2, 0) is 9.59 Å². The number of halogens is 1. The fourth-order valence-corrected chi connectivity index (χ4v) is 3.95. The molecule has 1 atom stereocenters. The summed E-state index contributed by atoms with van der Waals surface area (Å²) < 4.78 is 5.77. The summed E-state index contributed by atoms with van der Waals surface area (Å²) in [6, 6.07) is 20.2. The van der Waals surface area contributed by atoms with E-state index >= 15 is 0 Å². The van der Waals surface area contributed by atoms with Crippen LogP contribution in [-0.4, -0.2) is 18.4 Å². The molecule has 1 N–H and O–H groups in total. The molecule has 1 fully saturated rings. The predicted molar refractivity (Wildman–Crippen MR) is 123 cm³/mol. The summed E-state index contributed by atoms with van der Waals surface area (Å²) in [7, 11) is 0. The number of carbonyl (C=O) groups is 2. The zero-order chi connectivity index (χ0) is 22.0. The van der Waals surface area contributed by atoms with Gasteiger partial charge in [-0.3, -0.25) is 9.59 Å². The van der Waals surface area contributed by atoms with Gasteiger partial charge < -0.3 is 15.0 Å². The van der Waals surface area contributed by atoms with Crippen molar-refractivity contribution in [1.82, 2.24) is 0 Å². The van der Waals surface area contributed by atoms with Gasteiger partial charge in [-0.05, 0) is 73.5 Å². The molecule has 4 rings (SSSR count). The van der Waals surface area contributed by atoms with Crippen LogP contribution in [0.1, 0.15) is 17.5 Å². The van der Waals surface area contributed by atoms with E-state index in [-0.39, 0.29) is 18.2 Å². The molecule has 0 aliphatic carbocycles. The number of rotatable bonds is 5. The molecule has 3 aromatic rings. The molecule has 0 unspecified atom stereocenters. The number of benzene rings is 3. The monoisotopic (exact) mass is 434 g/mol. The summed E-state index contributed by atoms with van der Waals surface area (Å²) in [5.41, 5.74) is 3.63. The molecule has 0 aromatic heterocycles. The first-order valence-electron chi connectivity index (χ1n) is 10.1. The minimum Gasteiger partial charge on any atom is -0.457 e. The molecule has 0 spiro atoms. The SMILES string of the molecule is Cc1cccc(C)c1N1C[C@@H](C(=O)Nc2ccc(Oc3ccc(Cl)cc3)cc2)CC1=O. The normalized spacial score (nSPS) is 15.8.